The molecule has 2 aromatic rings. The highest BCUT2D eigenvalue weighted by Gasteiger charge is 2.14. The molecule has 17 heavy (non-hydrogen) atoms. The molecule has 0 bridgehead atoms. The van der Waals surface area contributed by atoms with Crippen LogP contribution in [0.5, 0.6) is 0 Å². The zero-order valence-electron chi connectivity index (χ0n) is 8.72. The van der Waals surface area contributed by atoms with Crippen LogP contribution in [0.15, 0.2) is 40.9 Å². The molecule has 0 unspecified atom stereocenters. The van der Waals surface area contributed by atoms with Gasteiger partial charge in [0, 0.05) is 12.6 Å². The summed E-state index contributed by atoms with van der Waals surface area (Å²) in [5.41, 5.74) is 1.13. The van der Waals surface area contributed by atoms with Gasteiger partial charge in [-0.15, -0.1) is 0 Å². The van der Waals surface area contributed by atoms with Crippen LogP contribution in [-0.4, -0.2) is 4.92 Å². The normalized spacial score (nSPS) is 10.2. The van der Waals surface area contributed by atoms with Gasteiger partial charge >= 0.3 is 5.00 Å². The summed E-state index contributed by atoms with van der Waals surface area (Å²) in [4.78, 5) is 10.2. The van der Waals surface area contributed by atoms with Crippen molar-refractivity contribution in [3.05, 3.63) is 56.5 Å². The van der Waals surface area contributed by atoms with Crippen LogP contribution in [0.2, 0.25) is 0 Å². The number of benzene rings is 1. The largest absolute Gasteiger partial charge is 0.372 e. The van der Waals surface area contributed by atoms with Crippen LogP contribution in [-0.2, 0) is 6.54 Å². The van der Waals surface area contributed by atoms with Gasteiger partial charge in [0.15, 0.2) is 0 Å². The van der Waals surface area contributed by atoms with Gasteiger partial charge in [0.2, 0.25) is 0 Å². The minimum atomic E-state index is -0.386. The Morgan fingerprint density at radius 1 is 1.35 bits per heavy atom. The second-order valence-electron chi connectivity index (χ2n) is 3.36. The molecule has 0 aliphatic heterocycles. The summed E-state index contributed by atoms with van der Waals surface area (Å²) < 4.78 is 0.727. The third kappa shape index (κ3) is 3.04. The smallest absolute Gasteiger partial charge is 0.327 e. The van der Waals surface area contributed by atoms with Gasteiger partial charge in [0.1, 0.15) is 5.00 Å². The van der Waals surface area contributed by atoms with E-state index in [1.807, 2.05) is 30.3 Å². The summed E-state index contributed by atoms with van der Waals surface area (Å²) in [6.07, 6.45) is 0. The molecule has 0 amide bonds. The summed E-state index contributed by atoms with van der Waals surface area (Å²) in [7, 11) is 0. The fourth-order valence-corrected chi connectivity index (χ4v) is 2.86. The maximum Gasteiger partial charge on any atom is 0.327 e. The molecular formula is C11H9BrN2O2S. The fourth-order valence-electron chi connectivity index (χ4n) is 1.35. The molecule has 0 aliphatic rings. The Labute approximate surface area is 111 Å². The van der Waals surface area contributed by atoms with E-state index in [-0.39, 0.29) is 9.92 Å². The molecule has 0 spiro atoms. The quantitative estimate of drug-likeness (QED) is 0.685. The Hall–Kier alpha value is -1.40. The van der Waals surface area contributed by atoms with Crippen LogP contribution in [0.25, 0.3) is 0 Å². The average molecular weight is 313 g/mol. The Balaban J connectivity index is 2.07. The Kier molecular flexibility index (Phi) is 3.75. The van der Waals surface area contributed by atoms with Crippen molar-refractivity contribution in [3.8, 4) is 0 Å². The highest BCUT2D eigenvalue weighted by atomic mass is 79.9. The van der Waals surface area contributed by atoms with Crippen molar-refractivity contribution in [2.45, 2.75) is 6.54 Å². The minimum absolute atomic E-state index is 0.132. The summed E-state index contributed by atoms with van der Waals surface area (Å²) in [5.74, 6) is 0. The van der Waals surface area contributed by atoms with E-state index in [2.05, 4.69) is 21.2 Å². The molecule has 0 fully saturated rings. The van der Waals surface area contributed by atoms with Gasteiger partial charge < -0.3 is 5.32 Å². The van der Waals surface area contributed by atoms with Crippen molar-refractivity contribution in [1.29, 1.82) is 0 Å². The number of hydrogen-bond donors (Lipinski definition) is 1. The lowest BCUT2D eigenvalue weighted by atomic mass is 10.2. The number of anilines is 1. The molecule has 6 heteroatoms. The maximum atomic E-state index is 10.6. The van der Waals surface area contributed by atoms with Crippen molar-refractivity contribution in [3.63, 3.8) is 0 Å². The molecule has 0 saturated carbocycles. The molecule has 4 nitrogen and oxygen atoms in total. The molecule has 1 aromatic heterocycles. The standard InChI is InChI=1S/C11H9BrN2O2S/c12-9-6-10(14(15)16)17-11(9)13-7-8-4-2-1-3-5-8/h1-6,13H,7H2. The second-order valence-corrected chi connectivity index (χ2v) is 5.24. The number of hydrogen-bond acceptors (Lipinski definition) is 4. The zero-order chi connectivity index (χ0) is 12.3. The van der Waals surface area contributed by atoms with E-state index >= 15 is 0 Å². The third-order valence-corrected chi connectivity index (χ3v) is 4.08. The number of nitrogens with one attached hydrogen (secondary N) is 1. The Morgan fingerprint density at radius 3 is 2.65 bits per heavy atom. The molecule has 0 radical (unpaired) electrons. The SMILES string of the molecule is O=[N+]([O-])c1cc(Br)c(NCc2ccccc2)s1. The first-order valence-electron chi connectivity index (χ1n) is 4.88. The highest BCUT2D eigenvalue weighted by Crippen LogP contribution is 2.37. The molecule has 0 aliphatic carbocycles. The predicted octanol–water partition coefficient (Wildman–Crippen LogP) is 4.03. The summed E-state index contributed by atoms with van der Waals surface area (Å²) in [6, 6.07) is 11.4. The van der Waals surface area contributed by atoms with Crippen LogP contribution >= 0.6 is 27.3 Å². The van der Waals surface area contributed by atoms with Crippen LogP contribution in [0, 0.1) is 10.1 Å². The molecule has 1 heterocycles. The van der Waals surface area contributed by atoms with Gasteiger partial charge in [0.25, 0.3) is 0 Å². The highest BCUT2D eigenvalue weighted by molar-refractivity contribution is 9.10. The van der Waals surface area contributed by atoms with E-state index in [1.54, 1.807) is 0 Å². The number of nitro groups is 1. The summed E-state index contributed by atoms with van der Waals surface area (Å²) in [6.45, 7) is 0.650. The topological polar surface area (TPSA) is 55.2 Å². The maximum absolute atomic E-state index is 10.6. The van der Waals surface area contributed by atoms with Gasteiger partial charge in [-0.05, 0) is 32.8 Å². The first-order chi connectivity index (χ1) is 8.16. The molecular weight excluding hydrogens is 304 g/mol. The average Bonchev–Trinajstić information content (AvgIpc) is 2.70. The lowest BCUT2D eigenvalue weighted by Gasteiger charge is -2.03. The molecule has 2 rings (SSSR count). The van der Waals surface area contributed by atoms with E-state index < -0.39 is 0 Å². The van der Waals surface area contributed by atoms with Crippen LogP contribution in [0.3, 0.4) is 0 Å². The van der Waals surface area contributed by atoms with Gasteiger partial charge in [-0.2, -0.15) is 0 Å². The van der Waals surface area contributed by atoms with Crippen LogP contribution in [0.1, 0.15) is 5.56 Å². The van der Waals surface area contributed by atoms with E-state index in [1.165, 1.54) is 6.07 Å². The first kappa shape index (κ1) is 12.1. The molecule has 1 N–H and O–H groups in total. The van der Waals surface area contributed by atoms with Crippen molar-refractivity contribution in [1.82, 2.24) is 0 Å². The molecule has 0 saturated heterocycles. The molecule has 88 valence electrons. The van der Waals surface area contributed by atoms with Gasteiger partial charge in [-0.1, -0.05) is 30.3 Å². The summed E-state index contributed by atoms with van der Waals surface area (Å²) >= 11 is 4.43. The second kappa shape index (κ2) is 5.29. The minimum Gasteiger partial charge on any atom is -0.372 e. The van der Waals surface area contributed by atoms with E-state index in [0.29, 0.717) is 6.54 Å². The Morgan fingerprint density at radius 2 is 2.06 bits per heavy atom. The number of rotatable bonds is 4. The summed E-state index contributed by atoms with van der Waals surface area (Å²) in [5, 5.41) is 14.7. The Bertz CT molecular complexity index is 528. The van der Waals surface area contributed by atoms with Crippen molar-refractivity contribution in [2.24, 2.45) is 0 Å². The third-order valence-electron chi connectivity index (χ3n) is 2.15. The van der Waals surface area contributed by atoms with Gasteiger partial charge in [-0.3, -0.25) is 10.1 Å². The molecule has 0 atom stereocenters. The monoisotopic (exact) mass is 312 g/mol. The number of halogens is 1. The first-order valence-corrected chi connectivity index (χ1v) is 6.49. The number of thiophene rings is 1. The van der Waals surface area contributed by atoms with Gasteiger partial charge in [-0.25, -0.2) is 0 Å². The van der Waals surface area contributed by atoms with E-state index in [4.69, 9.17) is 0 Å². The predicted molar refractivity (Wildman–Crippen MR) is 72.4 cm³/mol. The van der Waals surface area contributed by atoms with Gasteiger partial charge in [0.05, 0.1) is 9.40 Å². The lowest BCUT2D eigenvalue weighted by Crippen LogP contribution is -1.97. The number of nitrogens with zero attached hydrogens (tertiary/aromatic N) is 1. The van der Waals surface area contributed by atoms with Crippen LogP contribution < -0.4 is 5.32 Å². The van der Waals surface area contributed by atoms with Crippen molar-refractivity contribution in [2.75, 3.05) is 5.32 Å². The van der Waals surface area contributed by atoms with Crippen LogP contribution in [0.4, 0.5) is 10.0 Å². The lowest BCUT2D eigenvalue weighted by molar-refractivity contribution is -0.380. The molecule has 1 aromatic carbocycles. The zero-order valence-corrected chi connectivity index (χ0v) is 11.1. The van der Waals surface area contributed by atoms with E-state index in [0.717, 1.165) is 26.4 Å². The van der Waals surface area contributed by atoms with Crippen molar-refractivity contribution >= 4 is 37.3 Å². The van der Waals surface area contributed by atoms with Crippen molar-refractivity contribution < 1.29 is 4.92 Å². The van der Waals surface area contributed by atoms with E-state index in [9.17, 15) is 10.1 Å². The fraction of sp³-hybridized carbons (Fsp3) is 0.0909.